The second-order valence-corrected chi connectivity index (χ2v) is 2.75. The van der Waals surface area contributed by atoms with Gasteiger partial charge in [-0.25, -0.2) is 0 Å². The summed E-state index contributed by atoms with van der Waals surface area (Å²) in [7, 11) is 6.69. The second kappa shape index (κ2) is 29.3. The standard InChI is InChI=1S/C5H12O.C4H10O.C2H6O/c1-3-4-5-6-2;1-3-4-5-2;1-3-2/h3-5H2,1-2H3;3-4H2,1-2H3;1-2H3. The van der Waals surface area contributed by atoms with Crippen LogP contribution in [-0.4, -0.2) is 41.7 Å². The minimum atomic E-state index is 0.889. The summed E-state index contributed by atoms with van der Waals surface area (Å²) in [6.07, 6.45) is 3.54. The van der Waals surface area contributed by atoms with Gasteiger partial charge in [-0.1, -0.05) is 20.3 Å². The quantitative estimate of drug-likeness (QED) is 0.650. The van der Waals surface area contributed by atoms with Crippen LogP contribution in [0.25, 0.3) is 0 Å². The van der Waals surface area contributed by atoms with Gasteiger partial charge in [-0.3, -0.25) is 0 Å². The van der Waals surface area contributed by atoms with Crippen molar-refractivity contribution < 1.29 is 14.2 Å². The fraction of sp³-hybridized carbons (Fsp3) is 1.00. The van der Waals surface area contributed by atoms with Gasteiger partial charge < -0.3 is 14.2 Å². The number of unbranched alkanes of at least 4 members (excludes halogenated alkanes) is 1. The van der Waals surface area contributed by atoms with Crippen LogP contribution in [0.2, 0.25) is 0 Å². The van der Waals surface area contributed by atoms with E-state index in [-0.39, 0.29) is 0 Å². The van der Waals surface area contributed by atoms with Gasteiger partial charge in [0, 0.05) is 41.7 Å². The molecule has 0 aliphatic carbocycles. The first-order valence-corrected chi connectivity index (χ1v) is 5.12. The average molecular weight is 208 g/mol. The van der Waals surface area contributed by atoms with E-state index in [9.17, 15) is 0 Å². The molecular weight excluding hydrogens is 180 g/mol. The van der Waals surface area contributed by atoms with Crippen molar-refractivity contribution in [2.24, 2.45) is 0 Å². The van der Waals surface area contributed by atoms with Crippen molar-refractivity contribution >= 4 is 0 Å². The first-order chi connectivity index (χ1) is 6.74. The Bertz CT molecular complexity index is 52.5. The van der Waals surface area contributed by atoms with Gasteiger partial charge >= 0.3 is 0 Å². The van der Waals surface area contributed by atoms with E-state index in [0.717, 1.165) is 19.6 Å². The molecule has 3 nitrogen and oxygen atoms in total. The molecule has 0 saturated carbocycles. The van der Waals surface area contributed by atoms with Crippen molar-refractivity contribution in [3.8, 4) is 0 Å². The fourth-order valence-corrected chi connectivity index (χ4v) is 0.493. The smallest absolute Gasteiger partial charge is 0.0462 e. The Morgan fingerprint density at radius 2 is 1.14 bits per heavy atom. The van der Waals surface area contributed by atoms with E-state index < -0.39 is 0 Å². The first-order valence-electron chi connectivity index (χ1n) is 5.12. The maximum absolute atomic E-state index is 4.78. The number of rotatable bonds is 5. The van der Waals surface area contributed by atoms with Gasteiger partial charge in [-0.15, -0.1) is 0 Å². The van der Waals surface area contributed by atoms with Crippen molar-refractivity contribution in [3.63, 3.8) is 0 Å². The second-order valence-electron chi connectivity index (χ2n) is 2.75. The molecule has 0 saturated heterocycles. The largest absolute Gasteiger partial charge is 0.388 e. The van der Waals surface area contributed by atoms with Gasteiger partial charge in [0.2, 0.25) is 0 Å². The van der Waals surface area contributed by atoms with Crippen LogP contribution in [0.5, 0.6) is 0 Å². The van der Waals surface area contributed by atoms with Crippen molar-refractivity contribution in [1.29, 1.82) is 0 Å². The number of ether oxygens (including phenoxy) is 3. The molecule has 0 aliphatic heterocycles. The van der Waals surface area contributed by atoms with E-state index in [0.29, 0.717) is 0 Å². The summed E-state index contributed by atoms with van der Waals surface area (Å²) in [5.74, 6) is 0. The molecule has 0 fully saturated rings. The Kier molecular flexibility index (Phi) is 40.7. The maximum Gasteiger partial charge on any atom is 0.0462 e. The number of hydrogen-bond acceptors (Lipinski definition) is 3. The molecule has 0 atom stereocenters. The highest BCUT2D eigenvalue weighted by Gasteiger charge is 1.74. The summed E-state index contributed by atoms with van der Waals surface area (Å²) in [6, 6.07) is 0. The van der Waals surface area contributed by atoms with Crippen LogP contribution >= 0.6 is 0 Å². The van der Waals surface area contributed by atoms with Crippen LogP contribution in [0.4, 0.5) is 0 Å². The van der Waals surface area contributed by atoms with Crippen LogP contribution in [0.15, 0.2) is 0 Å². The zero-order valence-corrected chi connectivity index (χ0v) is 10.8. The third-order valence-electron chi connectivity index (χ3n) is 1.11. The Balaban J connectivity index is -0.000000138. The fourth-order valence-electron chi connectivity index (χ4n) is 0.493. The van der Waals surface area contributed by atoms with Crippen LogP contribution in [0.1, 0.15) is 33.1 Å². The van der Waals surface area contributed by atoms with E-state index in [1.807, 2.05) is 0 Å². The molecule has 0 radical (unpaired) electrons. The van der Waals surface area contributed by atoms with Crippen molar-refractivity contribution in [3.05, 3.63) is 0 Å². The molecule has 0 unspecified atom stereocenters. The van der Waals surface area contributed by atoms with Gasteiger partial charge in [0.25, 0.3) is 0 Å². The van der Waals surface area contributed by atoms with Gasteiger partial charge in [-0.2, -0.15) is 0 Å². The summed E-state index contributed by atoms with van der Waals surface area (Å²) in [5, 5.41) is 0. The van der Waals surface area contributed by atoms with Crippen LogP contribution < -0.4 is 0 Å². The Morgan fingerprint density at radius 3 is 1.21 bits per heavy atom. The molecule has 0 aromatic carbocycles. The van der Waals surface area contributed by atoms with E-state index in [1.54, 1.807) is 28.4 Å². The molecule has 3 heteroatoms. The highest BCUT2D eigenvalue weighted by Crippen LogP contribution is 1.83. The lowest BCUT2D eigenvalue weighted by Crippen LogP contribution is -1.84. The van der Waals surface area contributed by atoms with Gasteiger partial charge in [-0.05, 0) is 12.8 Å². The lowest BCUT2D eigenvalue weighted by Gasteiger charge is -1.89. The van der Waals surface area contributed by atoms with Gasteiger partial charge in [0.05, 0.1) is 0 Å². The topological polar surface area (TPSA) is 27.7 Å². The van der Waals surface area contributed by atoms with E-state index in [4.69, 9.17) is 9.47 Å². The minimum absolute atomic E-state index is 0.889. The molecule has 0 amide bonds. The monoisotopic (exact) mass is 208 g/mol. The van der Waals surface area contributed by atoms with Gasteiger partial charge in [0.15, 0.2) is 0 Å². The third-order valence-corrected chi connectivity index (χ3v) is 1.11. The van der Waals surface area contributed by atoms with Crippen molar-refractivity contribution in [1.82, 2.24) is 0 Å². The molecule has 0 heterocycles. The normalized spacial score (nSPS) is 8.14. The molecule has 0 rings (SSSR count). The summed E-state index contributed by atoms with van der Waals surface area (Å²) < 4.78 is 13.7. The molecule has 90 valence electrons. The average Bonchev–Trinajstić information content (AvgIpc) is 2.18. The highest BCUT2D eigenvalue weighted by atomic mass is 16.5. The van der Waals surface area contributed by atoms with Crippen molar-refractivity contribution in [2.75, 3.05) is 41.7 Å². The van der Waals surface area contributed by atoms with E-state index in [1.165, 1.54) is 12.8 Å². The SMILES string of the molecule is CCCCOC.CCCOC.COC. The predicted octanol–water partition coefficient (Wildman–Crippen LogP) is 2.74. The van der Waals surface area contributed by atoms with Crippen LogP contribution in [0, 0.1) is 0 Å². The molecule has 0 aromatic heterocycles. The zero-order chi connectivity index (χ0) is 11.7. The Hall–Kier alpha value is -0.120. The third kappa shape index (κ3) is 59.1. The Morgan fingerprint density at radius 1 is 0.714 bits per heavy atom. The van der Waals surface area contributed by atoms with Crippen LogP contribution in [-0.2, 0) is 14.2 Å². The first kappa shape index (κ1) is 19.5. The zero-order valence-electron chi connectivity index (χ0n) is 10.8. The molecular formula is C11H28O3. The summed E-state index contributed by atoms with van der Waals surface area (Å²) in [4.78, 5) is 0. The molecule has 0 bridgehead atoms. The van der Waals surface area contributed by atoms with Gasteiger partial charge in [0.1, 0.15) is 0 Å². The summed E-state index contributed by atoms with van der Waals surface area (Å²) in [5.41, 5.74) is 0. The van der Waals surface area contributed by atoms with Crippen LogP contribution in [0.3, 0.4) is 0 Å². The molecule has 0 spiro atoms. The summed E-state index contributed by atoms with van der Waals surface area (Å²) in [6.45, 7) is 6.04. The lowest BCUT2D eigenvalue weighted by molar-refractivity contribution is 0.194. The summed E-state index contributed by atoms with van der Waals surface area (Å²) >= 11 is 0. The lowest BCUT2D eigenvalue weighted by atomic mass is 10.4. The molecule has 0 N–H and O–H groups in total. The maximum atomic E-state index is 4.78. The van der Waals surface area contributed by atoms with E-state index >= 15 is 0 Å². The number of methoxy groups -OCH3 is 3. The molecule has 0 aromatic rings. The number of hydrogen-bond donors (Lipinski definition) is 0. The highest BCUT2D eigenvalue weighted by molar-refractivity contribution is 4.26. The van der Waals surface area contributed by atoms with Crippen molar-refractivity contribution in [2.45, 2.75) is 33.1 Å². The minimum Gasteiger partial charge on any atom is -0.388 e. The predicted molar refractivity (Wildman–Crippen MR) is 61.9 cm³/mol. The molecule has 0 aliphatic rings. The Labute approximate surface area is 89.7 Å². The molecule has 14 heavy (non-hydrogen) atoms. The van der Waals surface area contributed by atoms with E-state index in [2.05, 4.69) is 18.6 Å².